The molecule has 0 spiro atoms. The van der Waals surface area contributed by atoms with Crippen molar-refractivity contribution in [2.45, 2.75) is 47.4 Å². The Labute approximate surface area is 218 Å². The lowest BCUT2D eigenvalue weighted by atomic mass is 9.97. The van der Waals surface area contributed by atoms with Crippen LogP contribution in [0.3, 0.4) is 0 Å². The number of fused-ring (bicyclic) bond motifs is 1. The number of benzene rings is 2. The lowest BCUT2D eigenvalue weighted by molar-refractivity contribution is -0.363. The van der Waals surface area contributed by atoms with E-state index in [-0.39, 0.29) is 13.2 Å². The summed E-state index contributed by atoms with van der Waals surface area (Å²) in [5.74, 6) is 0. The van der Waals surface area contributed by atoms with Gasteiger partial charge in [-0.25, -0.2) is 4.79 Å². The third kappa shape index (κ3) is 7.21. The normalized spacial score (nSPS) is 28.7. The first-order chi connectivity index (χ1) is 16.8. The zero-order valence-electron chi connectivity index (χ0n) is 18.8. The van der Waals surface area contributed by atoms with E-state index in [9.17, 15) is 4.79 Å². The molecule has 2 aromatic rings. The van der Waals surface area contributed by atoms with E-state index in [0.29, 0.717) is 0 Å². The van der Waals surface area contributed by atoms with Crippen LogP contribution >= 0.6 is 34.8 Å². The lowest BCUT2D eigenvalue weighted by Gasteiger charge is -2.48. The molecular weight excluding hydrogens is 523 g/mol. The highest BCUT2D eigenvalue weighted by molar-refractivity contribution is 6.67. The smallest absolute Gasteiger partial charge is 0.430 e. The highest BCUT2D eigenvalue weighted by Crippen LogP contribution is 2.37. The molecule has 2 aliphatic heterocycles. The molecule has 2 heterocycles. The molecule has 190 valence electrons. The van der Waals surface area contributed by atoms with Gasteiger partial charge in [-0.1, -0.05) is 95.5 Å². The Balaban J connectivity index is 1.56. The van der Waals surface area contributed by atoms with Gasteiger partial charge in [0.15, 0.2) is 18.7 Å². The zero-order chi connectivity index (χ0) is 24.8. The maximum Gasteiger partial charge on any atom is 0.508 e. The van der Waals surface area contributed by atoms with Crippen LogP contribution in [0.15, 0.2) is 60.7 Å². The summed E-state index contributed by atoms with van der Waals surface area (Å²) < 4.78 is 38.7. The van der Waals surface area contributed by atoms with E-state index < -0.39 is 53.6 Å². The standard InChI is InChI=1S/C24H25Cl3O8/c1-29-22-20(30-12-15-8-4-2-5-9-15)19(35-23(28)32-14-24(25,26)27)18-17(33-22)13-31-21(34-18)16-10-6-3-7-11-16/h2-11,17-22H,12-14H2,1H3/t17-,18-,19+,20-,21-,22+/m1/s1. The molecule has 0 amide bonds. The summed E-state index contributed by atoms with van der Waals surface area (Å²) in [7, 11) is 1.47. The van der Waals surface area contributed by atoms with Gasteiger partial charge in [0, 0.05) is 12.7 Å². The molecule has 0 saturated carbocycles. The summed E-state index contributed by atoms with van der Waals surface area (Å²) >= 11 is 17.1. The molecular formula is C24H25Cl3O8. The molecule has 35 heavy (non-hydrogen) atoms. The Morgan fingerprint density at radius 3 is 2.34 bits per heavy atom. The molecule has 0 N–H and O–H groups in total. The second kappa shape index (κ2) is 12.1. The van der Waals surface area contributed by atoms with E-state index in [1.807, 2.05) is 60.7 Å². The highest BCUT2D eigenvalue weighted by Gasteiger charge is 2.53. The number of halogens is 3. The van der Waals surface area contributed by atoms with Crippen molar-refractivity contribution in [3.63, 3.8) is 0 Å². The van der Waals surface area contributed by atoms with Gasteiger partial charge >= 0.3 is 6.16 Å². The Bertz CT molecular complexity index is 937. The van der Waals surface area contributed by atoms with E-state index in [1.54, 1.807) is 0 Å². The van der Waals surface area contributed by atoms with Crippen molar-refractivity contribution in [1.29, 1.82) is 0 Å². The second-order valence-electron chi connectivity index (χ2n) is 7.95. The lowest BCUT2D eigenvalue weighted by Crippen LogP contribution is -2.63. The van der Waals surface area contributed by atoms with Crippen molar-refractivity contribution < 1.29 is 38.0 Å². The van der Waals surface area contributed by atoms with Crippen molar-refractivity contribution in [3.05, 3.63) is 71.8 Å². The zero-order valence-corrected chi connectivity index (χ0v) is 21.0. The molecule has 8 nitrogen and oxygen atoms in total. The summed E-state index contributed by atoms with van der Waals surface area (Å²) in [4.78, 5) is 12.6. The third-order valence-corrected chi connectivity index (χ3v) is 5.79. The monoisotopic (exact) mass is 546 g/mol. The van der Waals surface area contributed by atoms with Crippen molar-refractivity contribution >= 4 is 41.0 Å². The molecule has 0 bridgehead atoms. The van der Waals surface area contributed by atoms with Crippen LogP contribution in [-0.2, 0) is 39.8 Å². The van der Waals surface area contributed by atoms with Gasteiger partial charge in [-0.2, -0.15) is 0 Å². The van der Waals surface area contributed by atoms with Gasteiger partial charge in [0.1, 0.15) is 24.9 Å². The van der Waals surface area contributed by atoms with Crippen LogP contribution in [0.1, 0.15) is 17.4 Å². The first-order valence-electron chi connectivity index (χ1n) is 10.9. The number of alkyl halides is 3. The minimum absolute atomic E-state index is 0.179. The average molecular weight is 548 g/mol. The minimum Gasteiger partial charge on any atom is -0.430 e. The van der Waals surface area contributed by atoms with Gasteiger partial charge in [0.05, 0.1) is 13.2 Å². The Morgan fingerprint density at radius 2 is 1.69 bits per heavy atom. The van der Waals surface area contributed by atoms with E-state index >= 15 is 0 Å². The maximum absolute atomic E-state index is 12.6. The summed E-state index contributed by atoms with van der Waals surface area (Å²) in [6.07, 6.45) is -5.78. The first kappa shape index (κ1) is 26.4. The van der Waals surface area contributed by atoms with E-state index in [1.165, 1.54) is 7.11 Å². The average Bonchev–Trinajstić information content (AvgIpc) is 2.87. The van der Waals surface area contributed by atoms with Crippen LogP contribution in [0.2, 0.25) is 0 Å². The summed E-state index contributed by atoms with van der Waals surface area (Å²) in [5, 5.41) is 0. The van der Waals surface area contributed by atoms with Crippen molar-refractivity contribution in [2.24, 2.45) is 0 Å². The number of hydrogen-bond acceptors (Lipinski definition) is 8. The number of rotatable bonds is 7. The summed E-state index contributed by atoms with van der Waals surface area (Å²) in [5.41, 5.74) is 1.72. The predicted molar refractivity (Wildman–Crippen MR) is 127 cm³/mol. The molecule has 0 unspecified atom stereocenters. The Hall–Kier alpha value is -1.62. The molecule has 0 aromatic heterocycles. The molecule has 11 heteroatoms. The van der Waals surface area contributed by atoms with Gasteiger partial charge in [0.2, 0.25) is 3.79 Å². The fourth-order valence-electron chi connectivity index (χ4n) is 3.88. The topological polar surface area (TPSA) is 81.7 Å². The minimum atomic E-state index is -1.79. The van der Waals surface area contributed by atoms with E-state index in [2.05, 4.69) is 0 Å². The predicted octanol–water partition coefficient (Wildman–Crippen LogP) is 4.95. The Kier molecular flexibility index (Phi) is 9.13. The van der Waals surface area contributed by atoms with E-state index in [0.717, 1.165) is 11.1 Å². The van der Waals surface area contributed by atoms with Crippen molar-refractivity contribution in [3.8, 4) is 0 Å². The van der Waals surface area contributed by atoms with Gasteiger partial charge < -0.3 is 33.2 Å². The molecule has 2 fully saturated rings. The van der Waals surface area contributed by atoms with Gasteiger partial charge in [0.25, 0.3) is 0 Å². The first-order valence-corrected chi connectivity index (χ1v) is 12.0. The fraction of sp³-hybridized carbons (Fsp3) is 0.458. The summed E-state index contributed by atoms with van der Waals surface area (Å²) in [6, 6.07) is 18.9. The molecule has 0 radical (unpaired) electrons. The number of methoxy groups -OCH3 is 1. The van der Waals surface area contributed by atoms with Crippen molar-refractivity contribution in [1.82, 2.24) is 0 Å². The van der Waals surface area contributed by atoms with Crippen LogP contribution in [0.4, 0.5) is 4.79 Å². The number of carbonyl (C=O) groups is 1. The third-order valence-electron chi connectivity index (χ3n) is 5.46. The molecule has 2 aliphatic rings. The molecule has 6 atom stereocenters. The maximum atomic E-state index is 12.6. The molecule has 2 saturated heterocycles. The van der Waals surface area contributed by atoms with Crippen molar-refractivity contribution in [2.75, 3.05) is 20.3 Å². The van der Waals surface area contributed by atoms with Gasteiger partial charge in [-0.15, -0.1) is 0 Å². The number of hydrogen-bond donors (Lipinski definition) is 0. The van der Waals surface area contributed by atoms with Crippen LogP contribution in [0.5, 0.6) is 0 Å². The SMILES string of the molecule is CO[C@H]1O[C@@H]2CO[C@@H](c3ccccc3)O[C@H]2[C@H](OC(=O)OCC(Cl)(Cl)Cl)[C@H]1OCc1ccccc1. The second-order valence-corrected chi connectivity index (χ2v) is 10.5. The molecule has 0 aliphatic carbocycles. The number of ether oxygens (including phenoxy) is 7. The largest absolute Gasteiger partial charge is 0.508 e. The highest BCUT2D eigenvalue weighted by atomic mass is 35.6. The van der Waals surface area contributed by atoms with E-state index in [4.69, 9.17) is 68.0 Å². The molecule has 4 rings (SSSR count). The fourth-order valence-corrected chi connectivity index (χ4v) is 4.04. The number of carbonyl (C=O) groups excluding carboxylic acids is 1. The summed E-state index contributed by atoms with van der Waals surface area (Å²) in [6.45, 7) is -0.0972. The molecule has 2 aromatic carbocycles. The van der Waals surface area contributed by atoms with Gasteiger partial charge in [-0.3, -0.25) is 0 Å². The Morgan fingerprint density at radius 1 is 1.00 bits per heavy atom. The van der Waals surface area contributed by atoms with Gasteiger partial charge in [-0.05, 0) is 5.56 Å². The quantitative estimate of drug-likeness (QED) is 0.356. The van der Waals surface area contributed by atoms with Crippen LogP contribution in [0.25, 0.3) is 0 Å². The van der Waals surface area contributed by atoms with Crippen LogP contribution in [0, 0.1) is 0 Å². The van der Waals surface area contributed by atoms with Crippen LogP contribution in [-0.4, -0.2) is 61.0 Å². The van der Waals surface area contributed by atoms with Crippen LogP contribution < -0.4 is 0 Å².